The molecular formula is C11H17N3O2. The quantitative estimate of drug-likeness (QED) is 0.764. The molecule has 3 N–H and O–H groups in total. The van der Waals surface area contributed by atoms with E-state index < -0.39 is 6.10 Å². The first kappa shape index (κ1) is 11.4. The average molecular weight is 223 g/mol. The minimum atomic E-state index is -0.679. The number of nitrogens with zero attached hydrogens (tertiary/aromatic N) is 2. The van der Waals surface area contributed by atoms with Crippen LogP contribution in [0.3, 0.4) is 0 Å². The molecule has 16 heavy (non-hydrogen) atoms. The Morgan fingerprint density at radius 2 is 2.50 bits per heavy atom. The molecule has 5 nitrogen and oxygen atoms in total. The highest BCUT2D eigenvalue weighted by Crippen LogP contribution is 2.39. The van der Waals surface area contributed by atoms with E-state index in [1.165, 1.54) is 0 Å². The van der Waals surface area contributed by atoms with Gasteiger partial charge in [0.15, 0.2) is 0 Å². The fourth-order valence-corrected chi connectivity index (χ4v) is 2.05. The normalized spacial score (nSPS) is 26.9. The zero-order valence-corrected chi connectivity index (χ0v) is 9.39. The number of hydrogen-bond acceptors (Lipinski definition) is 5. The van der Waals surface area contributed by atoms with Crippen LogP contribution < -0.4 is 5.73 Å². The number of ether oxygens (including phenoxy) is 1. The van der Waals surface area contributed by atoms with E-state index in [1.807, 2.05) is 0 Å². The Morgan fingerprint density at radius 1 is 1.69 bits per heavy atom. The monoisotopic (exact) mass is 223 g/mol. The molecule has 2 rings (SSSR count). The third-order valence-electron chi connectivity index (χ3n) is 3.20. The third-order valence-corrected chi connectivity index (χ3v) is 3.20. The standard InChI is InChI=1S/C11H17N3O2/c1-8-13-4-2-9(14-8)10(15)11(6-12)3-5-16-7-11/h2,4,10,15H,3,5-7,12H2,1H3. The molecule has 0 saturated carbocycles. The Kier molecular flexibility index (Phi) is 3.18. The molecule has 1 aromatic rings. The Morgan fingerprint density at radius 3 is 3.06 bits per heavy atom. The number of rotatable bonds is 3. The van der Waals surface area contributed by atoms with E-state index in [4.69, 9.17) is 10.5 Å². The van der Waals surface area contributed by atoms with E-state index in [0.717, 1.165) is 6.42 Å². The van der Waals surface area contributed by atoms with Gasteiger partial charge in [-0.05, 0) is 19.4 Å². The summed E-state index contributed by atoms with van der Waals surface area (Å²) in [6.07, 6.45) is 1.75. The zero-order valence-electron chi connectivity index (χ0n) is 9.39. The maximum Gasteiger partial charge on any atom is 0.125 e. The minimum Gasteiger partial charge on any atom is -0.386 e. The van der Waals surface area contributed by atoms with Crippen LogP contribution in [0, 0.1) is 12.3 Å². The van der Waals surface area contributed by atoms with Crippen molar-refractivity contribution in [3.8, 4) is 0 Å². The Hall–Kier alpha value is -1.04. The van der Waals surface area contributed by atoms with E-state index in [9.17, 15) is 5.11 Å². The van der Waals surface area contributed by atoms with Crippen molar-refractivity contribution in [1.29, 1.82) is 0 Å². The van der Waals surface area contributed by atoms with Gasteiger partial charge in [-0.2, -0.15) is 0 Å². The number of aliphatic hydroxyl groups excluding tert-OH is 1. The maximum absolute atomic E-state index is 10.3. The number of nitrogens with two attached hydrogens (primary N) is 1. The lowest BCUT2D eigenvalue weighted by molar-refractivity contribution is 0.0160. The molecule has 2 atom stereocenters. The second-order valence-electron chi connectivity index (χ2n) is 4.30. The molecule has 0 aliphatic carbocycles. The van der Waals surface area contributed by atoms with Gasteiger partial charge in [0.1, 0.15) is 11.9 Å². The molecule has 1 fully saturated rings. The van der Waals surface area contributed by atoms with E-state index in [2.05, 4.69) is 9.97 Å². The Bertz CT molecular complexity index is 364. The van der Waals surface area contributed by atoms with Crippen LogP contribution in [0.2, 0.25) is 0 Å². The van der Waals surface area contributed by atoms with Gasteiger partial charge >= 0.3 is 0 Å². The van der Waals surface area contributed by atoms with Crippen molar-refractivity contribution in [2.75, 3.05) is 19.8 Å². The molecular weight excluding hydrogens is 206 g/mol. The Balaban J connectivity index is 2.26. The predicted molar refractivity (Wildman–Crippen MR) is 58.7 cm³/mol. The van der Waals surface area contributed by atoms with E-state index >= 15 is 0 Å². The molecule has 0 amide bonds. The Labute approximate surface area is 94.7 Å². The molecule has 88 valence electrons. The molecule has 0 spiro atoms. The molecule has 0 aromatic carbocycles. The number of aromatic nitrogens is 2. The van der Waals surface area contributed by atoms with Crippen molar-refractivity contribution in [1.82, 2.24) is 9.97 Å². The van der Waals surface area contributed by atoms with Crippen molar-refractivity contribution in [3.05, 3.63) is 23.8 Å². The summed E-state index contributed by atoms with van der Waals surface area (Å²) in [6, 6.07) is 1.73. The lowest BCUT2D eigenvalue weighted by Crippen LogP contribution is -2.37. The van der Waals surface area contributed by atoms with Crippen molar-refractivity contribution in [3.63, 3.8) is 0 Å². The summed E-state index contributed by atoms with van der Waals surface area (Å²) < 4.78 is 5.34. The van der Waals surface area contributed by atoms with Gasteiger partial charge in [0.2, 0.25) is 0 Å². The maximum atomic E-state index is 10.3. The second-order valence-corrected chi connectivity index (χ2v) is 4.30. The average Bonchev–Trinajstić information content (AvgIpc) is 2.78. The number of aliphatic hydroxyl groups is 1. The molecule has 0 bridgehead atoms. The summed E-state index contributed by atoms with van der Waals surface area (Å²) >= 11 is 0. The van der Waals surface area contributed by atoms with Gasteiger partial charge in [0.25, 0.3) is 0 Å². The predicted octanol–water partition coefficient (Wildman–Crippen LogP) is 0.184. The van der Waals surface area contributed by atoms with Crippen LogP contribution in [0.1, 0.15) is 24.0 Å². The fraction of sp³-hybridized carbons (Fsp3) is 0.636. The molecule has 0 radical (unpaired) electrons. The van der Waals surface area contributed by atoms with Crippen molar-refractivity contribution in [2.24, 2.45) is 11.1 Å². The van der Waals surface area contributed by atoms with Crippen LogP contribution in [0.15, 0.2) is 12.3 Å². The highest BCUT2D eigenvalue weighted by atomic mass is 16.5. The van der Waals surface area contributed by atoms with E-state index in [-0.39, 0.29) is 5.41 Å². The number of hydrogen-bond donors (Lipinski definition) is 2. The highest BCUT2D eigenvalue weighted by molar-refractivity contribution is 5.10. The first-order valence-corrected chi connectivity index (χ1v) is 5.43. The van der Waals surface area contributed by atoms with Gasteiger partial charge < -0.3 is 15.6 Å². The van der Waals surface area contributed by atoms with Crippen LogP contribution in [0.25, 0.3) is 0 Å². The molecule has 1 saturated heterocycles. The summed E-state index contributed by atoms with van der Waals surface area (Å²) in [5.41, 5.74) is 6.00. The van der Waals surface area contributed by atoms with Gasteiger partial charge in [-0.1, -0.05) is 0 Å². The SMILES string of the molecule is Cc1nccc(C(O)C2(CN)CCOC2)n1. The molecule has 2 heterocycles. The van der Waals surface area contributed by atoms with Crippen LogP contribution >= 0.6 is 0 Å². The first-order valence-electron chi connectivity index (χ1n) is 5.43. The molecule has 1 aliphatic heterocycles. The van der Waals surface area contributed by atoms with Crippen molar-refractivity contribution < 1.29 is 9.84 Å². The summed E-state index contributed by atoms with van der Waals surface area (Å²) in [5.74, 6) is 0.655. The van der Waals surface area contributed by atoms with Gasteiger partial charge in [-0.25, -0.2) is 9.97 Å². The number of aryl methyl sites for hydroxylation is 1. The van der Waals surface area contributed by atoms with Gasteiger partial charge in [0.05, 0.1) is 12.3 Å². The van der Waals surface area contributed by atoms with Crippen molar-refractivity contribution >= 4 is 0 Å². The second kappa shape index (κ2) is 4.45. The smallest absolute Gasteiger partial charge is 0.125 e. The first-order chi connectivity index (χ1) is 7.68. The van der Waals surface area contributed by atoms with Gasteiger partial charge in [0, 0.05) is 24.8 Å². The fourth-order valence-electron chi connectivity index (χ4n) is 2.05. The molecule has 1 aromatic heterocycles. The topological polar surface area (TPSA) is 81.3 Å². The third kappa shape index (κ3) is 1.93. The molecule has 1 aliphatic rings. The summed E-state index contributed by atoms with van der Waals surface area (Å²) in [7, 11) is 0. The van der Waals surface area contributed by atoms with Crippen LogP contribution in [0.5, 0.6) is 0 Å². The van der Waals surface area contributed by atoms with E-state index in [0.29, 0.717) is 31.3 Å². The van der Waals surface area contributed by atoms with Crippen LogP contribution in [-0.2, 0) is 4.74 Å². The lowest BCUT2D eigenvalue weighted by Gasteiger charge is -2.30. The molecule has 2 unspecified atom stereocenters. The van der Waals surface area contributed by atoms with Crippen LogP contribution in [-0.4, -0.2) is 34.8 Å². The summed E-state index contributed by atoms with van der Waals surface area (Å²) in [4.78, 5) is 8.25. The largest absolute Gasteiger partial charge is 0.386 e. The van der Waals surface area contributed by atoms with Crippen LogP contribution in [0.4, 0.5) is 0 Å². The lowest BCUT2D eigenvalue weighted by atomic mass is 9.80. The highest BCUT2D eigenvalue weighted by Gasteiger charge is 2.42. The summed E-state index contributed by atoms with van der Waals surface area (Å²) in [6.45, 7) is 3.35. The van der Waals surface area contributed by atoms with Gasteiger partial charge in [-0.15, -0.1) is 0 Å². The molecule has 5 heteroatoms. The van der Waals surface area contributed by atoms with Gasteiger partial charge in [-0.3, -0.25) is 0 Å². The minimum absolute atomic E-state index is 0.388. The summed E-state index contributed by atoms with van der Waals surface area (Å²) in [5, 5.41) is 10.3. The zero-order chi connectivity index (χ0) is 11.6. The van der Waals surface area contributed by atoms with Crippen molar-refractivity contribution in [2.45, 2.75) is 19.4 Å². The van der Waals surface area contributed by atoms with E-state index in [1.54, 1.807) is 19.2 Å².